The number of anilines is 1. The van der Waals surface area contributed by atoms with Gasteiger partial charge in [0.1, 0.15) is 0 Å². The van der Waals surface area contributed by atoms with Crippen LogP contribution in [0.5, 0.6) is 0 Å². The highest BCUT2D eigenvalue weighted by Crippen LogP contribution is 2.06. The Balaban J connectivity index is 2.55. The fourth-order valence-corrected chi connectivity index (χ4v) is 1.04. The minimum absolute atomic E-state index is 0.712. The monoisotopic (exact) mass is 180 g/mol. The molecule has 72 valence electrons. The van der Waals surface area contributed by atoms with Gasteiger partial charge in [0.25, 0.3) is 0 Å². The number of aromatic nitrogens is 2. The largest absolute Gasteiger partial charge is 0.358 e. The molecule has 0 aromatic carbocycles. The van der Waals surface area contributed by atoms with Crippen molar-refractivity contribution in [3.63, 3.8) is 0 Å². The van der Waals surface area contributed by atoms with Crippen LogP contribution in [0, 0.1) is 6.92 Å². The van der Waals surface area contributed by atoms with Gasteiger partial charge in [-0.05, 0) is 32.0 Å². The zero-order valence-electron chi connectivity index (χ0n) is 8.20. The second-order valence-electron chi connectivity index (χ2n) is 3.10. The molecule has 4 heteroatoms. The molecule has 0 aliphatic carbocycles. The van der Waals surface area contributed by atoms with Gasteiger partial charge in [-0.1, -0.05) is 0 Å². The highest BCUT2D eigenvalue weighted by atomic mass is 15.2. The van der Waals surface area contributed by atoms with E-state index in [9.17, 15) is 0 Å². The van der Waals surface area contributed by atoms with Gasteiger partial charge < -0.3 is 10.6 Å². The molecular formula is C9H16N4. The molecule has 1 rings (SSSR count). The first-order valence-corrected chi connectivity index (χ1v) is 4.45. The Morgan fingerprint density at radius 2 is 2.15 bits per heavy atom. The molecular weight excluding hydrogens is 164 g/mol. The van der Waals surface area contributed by atoms with Crippen LogP contribution in [-0.4, -0.2) is 30.3 Å². The predicted octanol–water partition coefficient (Wildman–Crippen LogP) is 0.570. The van der Waals surface area contributed by atoms with E-state index in [1.807, 2.05) is 26.1 Å². The van der Waals surface area contributed by atoms with Crippen molar-refractivity contribution < 1.29 is 0 Å². The predicted molar refractivity (Wildman–Crippen MR) is 53.7 cm³/mol. The zero-order valence-corrected chi connectivity index (χ0v) is 8.20. The lowest BCUT2D eigenvalue weighted by Gasteiger charge is -2.16. The lowest BCUT2D eigenvalue weighted by atomic mass is 10.3. The fraction of sp³-hybridized carbons (Fsp3) is 0.556. The van der Waals surface area contributed by atoms with Crippen LogP contribution in [0.3, 0.4) is 0 Å². The molecule has 13 heavy (non-hydrogen) atoms. The zero-order chi connectivity index (χ0) is 9.68. The average molecular weight is 180 g/mol. The van der Waals surface area contributed by atoms with E-state index in [0.29, 0.717) is 6.54 Å². The molecule has 1 heterocycles. The van der Waals surface area contributed by atoms with Gasteiger partial charge in [-0.3, -0.25) is 0 Å². The summed E-state index contributed by atoms with van der Waals surface area (Å²) in [5, 5.41) is 8.05. The quantitative estimate of drug-likeness (QED) is 0.736. The normalized spacial score (nSPS) is 10.1. The SMILES string of the molecule is Cc1ccc(N(C)CCCN)nn1. The maximum Gasteiger partial charge on any atom is 0.150 e. The number of hydrogen-bond donors (Lipinski definition) is 1. The maximum absolute atomic E-state index is 5.42. The molecule has 0 saturated heterocycles. The Morgan fingerprint density at radius 3 is 2.69 bits per heavy atom. The van der Waals surface area contributed by atoms with Gasteiger partial charge in [0.05, 0.1) is 5.69 Å². The van der Waals surface area contributed by atoms with Crippen LogP contribution in [-0.2, 0) is 0 Å². The summed E-state index contributed by atoms with van der Waals surface area (Å²) in [6.07, 6.45) is 0.978. The average Bonchev–Trinajstić information content (AvgIpc) is 2.15. The smallest absolute Gasteiger partial charge is 0.150 e. The van der Waals surface area contributed by atoms with E-state index < -0.39 is 0 Å². The molecule has 0 aliphatic heterocycles. The van der Waals surface area contributed by atoms with Crippen molar-refractivity contribution in [1.29, 1.82) is 0 Å². The minimum Gasteiger partial charge on any atom is -0.358 e. The topological polar surface area (TPSA) is 55.0 Å². The van der Waals surface area contributed by atoms with E-state index in [1.165, 1.54) is 0 Å². The molecule has 2 N–H and O–H groups in total. The fourth-order valence-electron chi connectivity index (χ4n) is 1.04. The van der Waals surface area contributed by atoms with E-state index >= 15 is 0 Å². The highest BCUT2D eigenvalue weighted by Gasteiger charge is 2.00. The first-order valence-electron chi connectivity index (χ1n) is 4.45. The summed E-state index contributed by atoms with van der Waals surface area (Å²) in [7, 11) is 2.00. The van der Waals surface area contributed by atoms with Crippen LogP contribution < -0.4 is 10.6 Å². The molecule has 0 radical (unpaired) electrons. The van der Waals surface area contributed by atoms with Gasteiger partial charge in [-0.25, -0.2) is 0 Å². The van der Waals surface area contributed by atoms with Crippen molar-refractivity contribution in [1.82, 2.24) is 10.2 Å². The van der Waals surface area contributed by atoms with Crippen LogP contribution in [0.1, 0.15) is 12.1 Å². The van der Waals surface area contributed by atoms with Crippen LogP contribution in [0.2, 0.25) is 0 Å². The second kappa shape index (κ2) is 4.77. The Bertz CT molecular complexity index is 244. The molecule has 1 aromatic rings. The molecule has 0 atom stereocenters. The van der Waals surface area contributed by atoms with Crippen molar-refractivity contribution >= 4 is 5.82 Å². The molecule has 0 amide bonds. The van der Waals surface area contributed by atoms with Crippen LogP contribution in [0.25, 0.3) is 0 Å². The molecule has 0 bridgehead atoms. The minimum atomic E-state index is 0.712. The molecule has 4 nitrogen and oxygen atoms in total. The van der Waals surface area contributed by atoms with Gasteiger partial charge in [0, 0.05) is 13.6 Å². The Labute approximate surface area is 78.8 Å². The van der Waals surface area contributed by atoms with Crippen molar-refractivity contribution in [2.45, 2.75) is 13.3 Å². The summed E-state index contributed by atoms with van der Waals surface area (Å²) in [4.78, 5) is 2.05. The van der Waals surface area contributed by atoms with Gasteiger partial charge in [-0.2, -0.15) is 5.10 Å². The summed E-state index contributed by atoms with van der Waals surface area (Å²) in [5.74, 6) is 0.902. The van der Waals surface area contributed by atoms with E-state index in [1.54, 1.807) is 0 Å². The van der Waals surface area contributed by atoms with Crippen LogP contribution in [0.15, 0.2) is 12.1 Å². The molecule has 0 saturated carbocycles. The van der Waals surface area contributed by atoms with Crippen molar-refractivity contribution in [2.75, 3.05) is 25.0 Å². The molecule has 1 aromatic heterocycles. The summed E-state index contributed by atoms with van der Waals surface area (Å²) in [5.41, 5.74) is 6.36. The van der Waals surface area contributed by atoms with Crippen LogP contribution in [0.4, 0.5) is 5.82 Å². The van der Waals surface area contributed by atoms with Crippen LogP contribution >= 0.6 is 0 Å². The third kappa shape index (κ3) is 2.99. The lowest BCUT2D eigenvalue weighted by Crippen LogP contribution is -2.22. The standard InChI is InChI=1S/C9H16N4/c1-8-4-5-9(12-11-8)13(2)7-3-6-10/h4-5H,3,6-7,10H2,1-2H3. The van der Waals surface area contributed by atoms with Crippen molar-refractivity contribution in [3.05, 3.63) is 17.8 Å². The van der Waals surface area contributed by atoms with E-state index in [0.717, 1.165) is 24.5 Å². The number of aryl methyl sites for hydroxylation is 1. The molecule has 0 fully saturated rings. The van der Waals surface area contributed by atoms with Crippen molar-refractivity contribution in [2.24, 2.45) is 5.73 Å². The Morgan fingerprint density at radius 1 is 1.38 bits per heavy atom. The highest BCUT2D eigenvalue weighted by molar-refractivity contribution is 5.35. The first kappa shape index (κ1) is 9.92. The number of nitrogens with two attached hydrogens (primary N) is 1. The molecule has 0 spiro atoms. The van der Waals surface area contributed by atoms with E-state index in [2.05, 4.69) is 15.1 Å². The maximum atomic E-state index is 5.42. The third-order valence-electron chi connectivity index (χ3n) is 1.87. The molecule has 0 aliphatic rings. The second-order valence-corrected chi connectivity index (χ2v) is 3.10. The number of hydrogen-bond acceptors (Lipinski definition) is 4. The summed E-state index contributed by atoms with van der Waals surface area (Å²) in [6.45, 7) is 3.56. The third-order valence-corrected chi connectivity index (χ3v) is 1.87. The Hall–Kier alpha value is -1.16. The lowest BCUT2D eigenvalue weighted by molar-refractivity contribution is 0.776. The van der Waals surface area contributed by atoms with E-state index in [-0.39, 0.29) is 0 Å². The summed E-state index contributed by atoms with van der Waals surface area (Å²) in [6, 6.07) is 3.93. The van der Waals surface area contributed by atoms with Crippen molar-refractivity contribution in [3.8, 4) is 0 Å². The van der Waals surface area contributed by atoms with Gasteiger partial charge in [-0.15, -0.1) is 5.10 Å². The van der Waals surface area contributed by atoms with Gasteiger partial charge >= 0.3 is 0 Å². The van der Waals surface area contributed by atoms with Gasteiger partial charge in [0.15, 0.2) is 5.82 Å². The van der Waals surface area contributed by atoms with Gasteiger partial charge in [0.2, 0.25) is 0 Å². The molecule has 0 unspecified atom stereocenters. The summed E-state index contributed by atoms with van der Waals surface area (Å²) >= 11 is 0. The van der Waals surface area contributed by atoms with E-state index in [4.69, 9.17) is 5.73 Å². The number of nitrogens with zero attached hydrogens (tertiary/aromatic N) is 3. The Kier molecular flexibility index (Phi) is 3.64. The summed E-state index contributed by atoms with van der Waals surface area (Å²) < 4.78 is 0. The first-order chi connectivity index (χ1) is 6.24. The number of rotatable bonds is 4.